The van der Waals surface area contributed by atoms with Crippen LogP contribution in [0, 0.1) is 0 Å². The number of hydrogen-bond donors (Lipinski definition) is 1. The van der Waals surface area contributed by atoms with Crippen molar-refractivity contribution < 1.29 is 14.3 Å². The van der Waals surface area contributed by atoms with Gasteiger partial charge in [-0.1, -0.05) is 55.9 Å². The van der Waals surface area contributed by atoms with E-state index in [0.717, 1.165) is 10.6 Å². The molecule has 0 spiro atoms. The Balaban J connectivity index is 1.68. The van der Waals surface area contributed by atoms with Gasteiger partial charge in [-0.15, -0.1) is 0 Å². The maximum Gasteiger partial charge on any atom is 0.283 e. The zero-order valence-corrected chi connectivity index (χ0v) is 19.7. The molecule has 1 aliphatic rings. The number of anilines is 2. The molecule has 1 heterocycles. The third-order valence-electron chi connectivity index (χ3n) is 5.26. The standard InChI is InChI=1S/C27H26N2O3S/c1-4-32-22-16-14-21(15-17-22)29-26(30)24(28-20-12-10-19(11-13-20)18(2)3)25(27(29)31)33-23-8-6-5-7-9-23/h5-18,28H,4H2,1-3H3. The van der Waals surface area contributed by atoms with Crippen LogP contribution in [0.4, 0.5) is 11.4 Å². The Morgan fingerprint density at radius 3 is 2.15 bits per heavy atom. The highest BCUT2D eigenvalue weighted by molar-refractivity contribution is 8.04. The molecule has 0 bridgehead atoms. The molecule has 0 saturated heterocycles. The molecule has 1 N–H and O–H groups in total. The summed E-state index contributed by atoms with van der Waals surface area (Å²) in [6.45, 7) is 6.72. The highest BCUT2D eigenvalue weighted by Gasteiger charge is 2.40. The van der Waals surface area contributed by atoms with E-state index in [1.54, 1.807) is 24.3 Å². The van der Waals surface area contributed by atoms with Crippen molar-refractivity contribution >= 4 is 35.0 Å². The smallest absolute Gasteiger partial charge is 0.283 e. The second-order valence-electron chi connectivity index (χ2n) is 7.89. The van der Waals surface area contributed by atoms with Gasteiger partial charge in [0, 0.05) is 10.6 Å². The minimum absolute atomic E-state index is 0.278. The molecular formula is C27H26N2O3S. The maximum absolute atomic E-state index is 13.4. The molecule has 0 aromatic heterocycles. The van der Waals surface area contributed by atoms with Crippen LogP contribution in [0.1, 0.15) is 32.3 Å². The molecule has 0 fully saturated rings. The monoisotopic (exact) mass is 458 g/mol. The van der Waals surface area contributed by atoms with Crippen molar-refractivity contribution in [3.63, 3.8) is 0 Å². The summed E-state index contributed by atoms with van der Waals surface area (Å²) < 4.78 is 5.49. The van der Waals surface area contributed by atoms with E-state index < -0.39 is 0 Å². The summed E-state index contributed by atoms with van der Waals surface area (Å²) in [7, 11) is 0. The quantitative estimate of drug-likeness (QED) is 0.408. The molecule has 6 heteroatoms. The van der Waals surface area contributed by atoms with Crippen molar-refractivity contribution in [3.8, 4) is 5.75 Å². The summed E-state index contributed by atoms with van der Waals surface area (Å²) in [6.07, 6.45) is 0. The largest absolute Gasteiger partial charge is 0.494 e. The van der Waals surface area contributed by atoms with Crippen molar-refractivity contribution in [2.75, 3.05) is 16.8 Å². The number of nitrogens with zero attached hydrogens (tertiary/aromatic N) is 1. The van der Waals surface area contributed by atoms with Crippen LogP contribution < -0.4 is 15.0 Å². The number of carbonyl (C=O) groups excluding carboxylic acids is 2. The molecule has 0 atom stereocenters. The Hall–Kier alpha value is -3.51. The molecule has 33 heavy (non-hydrogen) atoms. The van der Waals surface area contributed by atoms with E-state index in [4.69, 9.17) is 4.74 Å². The summed E-state index contributed by atoms with van der Waals surface area (Å²) in [5.74, 6) is 0.373. The molecule has 4 rings (SSSR count). The Morgan fingerprint density at radius 1 is 0.879 bits per heavy atom. The van der Waals surface area contributed by atoms with Crippen LogP contribution in [0.2, 0.25) is 0 Å². The van der Waals surface area contributed by atoms with E-state index in [1.165, 1.54) is 22.2 Å². The SMILES string of the molecule is CCOc1ccc(N2C(=O)C(Nc3ccc(C(C)C)cc3)=C(Sc3ccccc3)C2=O)cc1. The van der Waals surface area contributed by atoms with E-state index in [2.05, 4.69) is 19.2 Å². The Labute approximate surface area is 198 Å². The van der Waals surface area contributed by atoms with E-state index >= 15 is 0 Å². The molecule has 0 radical (unpaired) electrons. The van der Waals surface area contributed by atoms with Crippen molar-refractivity contribution in [1.29, 1.82) is 0 Å². The minimum atomic E-state index is -0.379. The molecular weight excluding hydrogens is 432 g/mol. The highest BCUT2D eigenvalue weighted by Crippen LogP contribution is 2.38. The van der Waals surface area contributed by atoms with E-state index in [0.29, 0.717) is 28.9 Å². The normalized spacial score (nSPS) is 13.8. The Bertz CT molecular complexity index is 1170. The van der Waals surface area contributed by atoms with Gasteiger partial charge in [-0.05, 0) is 66.9 Å². The Morgan fingerprint density at radius 2 is 1.55 bits per heavy atom. The van der Waals surface area contributed by atoms with E-state index in [-0.39, 0.29) is 17.5 Å². The number of rotatable bonds is 8. The van der Waals surface area contributed by atoms with E-state index in [9.17, 15) is 9.59 Å². The third-order valence-corrected chi connectivity index (χ3v) is 6.35. The highest BCUT2D eigenvalue weighted by atomic mass is 32.2. The fourth-order valence-electron chi connectivity index (χ4n) is 3.51. The van der Waals surface area contributed by atoms with Crippen LogP contribution in [0.3, 0.4) is 0 Å². The summed E-state index contributed by atoms with van der Waals surface area (Å²) in [4.78, 5) is 29.3. The van der Waals surface area contributed by atoms with Gasteiger partial charge in [-0.3, -0.25) is 9.59 Å². The van der Waals surface area contributed by atoms with Gasteiger partial charge in [-0.25, -0.2) is 4.90 Å². The summed E-state index contributed by atoms with van der Waals surface area (Å²) >= 11 is 1.29. The lowest BCUT2D eigenvalue weighted by atomic mass is 10.0. The van der Waals surface area contributed by atoms with Gasteiger partial charge in [0.25, 0.3) is 11.8 Å². The molecule has 2 amide bonds. The van der Waals surface area contributed by atoms with Gasteiger partial charge in [0.15, 0.2) is 0 Å². The van der Waals surface area contributed by atoms with Crippen molar-refractivity contribution in [2.24, 2.45) is 0 Å². The lowest BCUT2D eigenvalue weighted by Crippen LogP contribution is -2.32. The number of amides is 2. The topological polar surface area (TPSA) is 58.6 Å². The summed E-state index contributed by atoms with van der Waals surface area (Å²) in [5, 5.41) is 3.21. The third kappa shape index (κ3) is 4.96. The van der Waals surface area contributed by atoms with Gasteiger partial charge in [0.05, 0.1) is 12.3 Å². The number of benzene rings is 3. The van der Waals surface area contributed by atoms with Crippen LogP contribution in [0.5, 0.6) is 5.75 Å². The first kappa shape index (κ1) is 22.7. The van der Waals surface area contributed by atoms with Gasteiger partial charge in [0.1, 0.15) is 16.4 Å². The predicted octanol–water partition coefficient (Wildman–Crippen LogP) is 6.20. The van der Waals surface area contributed by atoms with Crippen LogP contribution in [0.25, 0.3) is 0 Å². The number of imide groups is 1. The first-order chi connectivity index (χ1) is 16.0. The van der Waals surface area contributed by atoms with Gasteiger partial charge in [-0.2, -0.15) is 0 Å². The van der Waals surface area contributed by atoms with Crippen molar-refractivity contribution in [3.05, 3.63) is 95.0 Å². The van der Waals surface area contributed by atoms with Gasteiger partial charge < -0.3 is 10.1 Å². The van der Waals surface area contributed by atoms with E-state index in [1.807, 2.05) is 61.5 Å². The van der Waals surface area contributed by atoms with Gasteiger partial charge >= 0.3 is 0 Å². The maximum atomic E-state index is 13.4. The average Bonchev–Trinajstić information content (AvgIpc) is 3.05. The minimum Gasteiger partial charge on any atom is -0.494 e. The van der Waals surface area contributed by atoms with Crippen LogP contribution in [0.15, 0.2) is 94.4 Å². The number of ether oxygens (including phenoxy) is 1. The number of thioether (sulfide) groups is 1. The lowest BCUT2D eigenvalue weighted by molar-refractivity contribution is -0.120. The fourth-order valence-corrected chi connectivity index (χ4v) is 4.46. The fraction of sp³-hybridized carbons (Fsp3) is 0.185. The van der Waals surface area contributed by atoms with Crippen LogP contribution in [-0.4, -0.2) is 18.4 Å². The molecule has 0 saturated carbocycles. The zero-order valence-electron chi connectivity index (χ0n) is 18.9. The first-order valence-electron chi connectivity index (χ1n) is 10.9. The summed E-state index contributed by atoms with van der Waals surface area (Å²) in [5.41, 5.74) is 2.75. The number of hydrogen-bond acceptors (Lipinski definition) is 5. The molecule has 1 aliphatic heterocycles. The molecule has 3 aromatic rings. The van der Waals surface area contributed by atoms with Crippen LogP contribution >= 0.6 is 11.8 Å². The molecule has 3 aromatic carbocycles. The number of carbonyl (C=O) groups is 2. The zero-order chi connectivity index (χ0) is 23.4. The Kier molecular flexibility index (Phi) is 6.84. The molecule has 5 nitrogen and oxygen atoms in total. The molecule has 0 aliphatic carbocycles. The first-order valence-corrected chi connectivity index (χ1v) is 11.8. The average molecular weight is 459 g/mol. The second kappa shape index (κ2) is 9.96. The second-order valence-corrected chi connectivity index (χ2v) is 8.98. The van der Waals surface area contributed by atoms with Gasteiger partial charge in [0.2, 0.25) is 0 Å². The van der Waals surface area contributed by atoms with Crippen molar-refractivity contribution in [2.45, 2.75) is 31.6 Å². The molecule has 168 valence electrons. The predicted molar refractivity (Wildman–Crippen MR) is 134 cm³/mol. The number of nitrogens with one attached hydrogen (secondary N) is 1. The van der Waals surface area contributed by atoms with Crippen LogP contribution in [-0.2, 0) is 9.59 Å². The summed E-state index contributed by atoms with van der Waals surface area (Å²) in [6, 6.07) is 24.5. The van der Waals surface area contributed by atoms with Crippen molar-refractivity contribution in [1.82, 2.24) is 0 Å². The lowest BCUT2D eigenvalue weighted by Gasteiger charge is -2.16. The molecule has 0 unspecified atom stereocenters.